The third-order valence-electron chi connectivity index (χ3n) is 4.92. The van der Waals surface area contributed by atoms with Crippen molar-refractivity contribution in [1.29, 1.82) is 0 Å². The summed E-state index contributed by atoms with van der Waals surface area (Å²) < 4.78 is 5.68. The van der Waals surface area contributed by atoms with Crippen LogP contribution in [0.4, 0.5) is 0 Å². The summed E-state index contributed by atoms with van der Waals surface area (Å²) >= 11 is 0. The van der Waals surface area contributed by atoms with E-state index in [1.807, 2.05) is 0 Å². The van der Waals surface area contributed by atoms with Gasteiger partial charge in [-0.1, -0.05) is 19.3 Å². The van der Waals surface area contributed by atoms with Crippen molar-refractivity contribution in [3.63, 3.8) is 0 Å². The molecule has 0 radical (unpaired) electrons. The summed E-state index contributed by atoms with van der Waals surface area (Å²) in [6.07, 6.45) is 6.87. The summed E-state index contributed by atoms with van der Waals surface area (Å²) in [7, 11) is 0. The molecule has 3 rings (SSSR count). The molecule has 1 saturated carbocycles. The first kappa shape index (κ1) is 12.9. The zero-order chi connectivity index (χ0) is 13.5. The van der Waals surface area contributed by atoms with Crippen LogP contribution < -0.4 is 5.32 Å². The van der Waals surface area contributed by atoms with E-state index in [2.05, 4.69) is 5.32 Å². The Morgan fingerprint density at radius 3 is 2.42 bits per heavy atom. The predicted octanol–water partition coefficient (Wildman–Crippen LogP) is 1.46. The molecule has 2 N–H and O–H groups in total. The van der Waals surface area contributed by atoms with E-state index in [1.54, 1.807) is 0 Å². The Kier molecular flexibility index (Phi) is 3.25. The molecule has 3 fully saturated rings. The van der Waals surface area contributed by atoms with Crippen LogP contribution in [0.1, 0.15) is 51.4 Å². The summed E-state index contributed by atoms with van der Waals surface area (Å²) in [6, 6.07) is 0. The maximum atomic E-state index is 12.4. The Labute approximate surface area is 112 Å². The highest BCUT2D eigenvalue weighted by Gasteiger charge is 2.48. The van der Waals surface area contributed by atoms with E-state index in [0.29, 0.717) is 12.8 Å². The number of nitrogens with one attached hydrogen (secondary N) is 1. The summed E-state index contributed by atoms with van der Waals surface area (Å²) in [5.41, 5.74) is -1.03. The van der Waals surface area contributed by atoms with Crippen LogP contribution in [0.2, 0.25) is 0 Å². The SMILES string of the molecule is O=C(NC1(C(=O)O)CCCCC1)C1CC2CCC1O2. The fourth-order valence-corrected chi connectivity index (χ4v) is 3.79. The van der Waals surface area contributed by atoms with Crippen LogP contribution >= 0.6 is 0 Å². The number of amides is 1. The molecule has 3 aliphatic rings. The Morgan fingerprint density at radius 1 is 1.16 bits per heavy atom. The summed E-state index contributed by atoms with van der Waals surface area (Å²) in [5.74, 6) is -1.14. The number of ether oxygens (including phenoxy) is 1. The Bertz CT molecular complexity index is 389. The van der Waals surface area contributed by atoms with Gasteiger partial charge < -0.3 is 15.2 Å². The third-order valence-corrected chi connectivity index (χ3v) is 4.92. The van der Waals surface area contributed by atoms with Crippen LogP contribution in [0, 0.1) is 5.92 Å². The lowest BCUT2D eigenvalue weighted by molar-refractivity contribution is -0.150. The largest absolute Gasteiger partial charge is 0.480 e. The number of carbonyl (C=O) groups excluding carboxylic acids is 1. The zero-order valence-corrected chi connectivity index (χ0v) is 11.1. The first-order chi connectivity index (χ1) is 9.11. The van der Waals surface area contributed by atoms with Gasteiger partial charge in [-0.05, 0) is 32.1 Å². The molecule has 106 valence electrons. The monoisotopic (exact) mass is 267 g/mol. The first-order valence-corrected chi connectivity index (χ1v) is 7.32. The maximum Gasteiger partial charge on any atom is 0.329 e. The van der Waals surface area contributed by atoms with E-state index in [4.69, 9.17) is 4.74 Å². The predicted molar refractivity (Wildman–Crippen MR) is 67.6 cm³/mol. The van der Waals surface area contributed by atoms with Crippen molar-refractivity contribution < 1.29 is 19.4 Å². The van der Waals surface area contributed by atoms with Crippen molar-refractivity contribution >= 4 is 11.9 Å². The molecule has 0 aromatic rings. The van der Waals surface area contributed by atoms with E-state index in [1.165, 1.54) is 0 Å². The molecule has 5 nitrogen and oxygen atoms in total. The van der Waals surface area contributed by atoms with Gasteiger partial charge in [-0.2, -0.15) is 0 Å². The van der Waals surface area contributed by atoms with E-state index in [9.17, 15) is 14.7 Å². The highest BCUT2D eigenvalue weighted by Crippen LogP contribution is 2.39. The number of rotatable bonds is 3. The lowest BCUT2D eigenvalue weighted by Crippen LogP contribution is -2.57. The van der Waals surface area contributed by atoms with Crippen LogP contribution in [0.5, 0.6) is 0 Å². The van der Waals surface area contributed by atoms with Crippen molar-refractivity contribution in [2.75, 3.05) is 0 Å². The zero-order valence-electron chi connectivity index (χ0n) is 11.1. The van der Waals surface area contributed by atoms with Gasteiger partial charge in [0.2, 0.25) is 5.91 Å². The Morgan fingerprint density at radius 2 is 1.89 bits per heavy atom. The molecule has 3 atom stereocenters. The molecular formula is C14H21NO4. The van der Waals surface area contributed by atoms with Gasteiger partial charge in [0.05, 0.1) is 18.1 Å². The van der Waals surface area contributed by atoms with Gasteiger partial charge in [-0.15, -0.1) is 0 Å². The van der Waals surface area contributed by atoms with E-state index < -0.39 is 11.5 Å². The van der Waals surface area contributed by atoms with E-state index >= 15 is 0 Å². The molecule has 0 spiro atoms. The maximum absolute atomic E-state index is 12.4. The molecule has 2 aliphatic heterocycles. The minimum atomic E-state index is -1.03. The van der Waals surface area contributed by atoms with Gasteiger partial charge in [-0.3, -0.25) is 4.79 Å². The summed E-state index contributed by atoms with van der Waals surface area (Å²) in [6.45, 7) is 0. The average Bonchev–Trinajstić information content (AvgIpc) is 3.02. The Balaban J connectivity index is 1.68. The van der Waals surface area contributed by atoms with Crippen LogP contribution in [0.25, 0.3) is 0 Å². The highest BCUT2D eigenvalue weighted by molar-refractivity contribution is 5.88. The fraction of sp³-hybridized carbons (Fsp3) is 0.857. The number of aliphatic carboxylic acids is 1. The number of fused-ring (bicyclic) bond motifs is 2. The van der Waals surface area contributed by atoms with Crippen LogP contribution in [0.3, 0.4) is 0 Å². The van der Waals surface area contributed by atoms with Gasteiger partial charge in [0, 0.05) is 0 Å². The Hall–Kier alpha value is -1.10. The number of carboxylic acids is 1. The van der Waals surface area contributed by atoms with Gasteiger partial charge >= 0.3 is 5.97 Å². The molecule has 2 saturated heterocycles. The topological polar surface area (TPSA) is 75.6 Å². The lowest BCUT2D eigenvalue weighted by atomic mass is 9.80. The molecule has 1 aliphatic carbocycles. The molecule has 3 unspecified atom stereocenters. The number of carbonyl (C=O) groups is 2. The third kappa shape index (κ3) is 2.24. The van der Waals surface area contributed by atoms with Crippen molar-refractivity contribution in [1.82, 2.24) is 5.32 Å². The van der Waals surface area contributed by atoms with Gasteiger partial charge in [0.1, 0.15) is 5.54 Å². The summed E-state index contributed by atoms with van der Waals surface area (Å²) in [5, 5.41) is 12.3. The molecule has 1 amide bonds. The van der Waals surface area contributed by atoms with Gasteiger partial charge in [0.15, 0.2) is 0 Å². The number of hydrogen-bond acceptors (Lipinski definition) is 3. The van der Waals surface area contributed by atoms with Gasteiger partial charge in [0.25, 0.3) is 0 Å². The minimum Gasteiger partial charge on any atom is -0.480 e. The lowest BCUT2D eigenvalue weighted by Gasteiger charge is -2.35. The second-order valence-corrected chi connectivity index (χ2v) is 6.15. The molecular weight excluding hydrogens is 246 g/mol. The van der Waals surface area contributed by atoms with Crippen LogP contribution in [0.15, 0.2) is 0 Å². The first-order valence-electron chi connectivity index (χ1n) is 7.32. The summed E-state index contributed by atoms with van der Waals surface area (Å²) in [4.78, 5) is 23.9. The average molecular weight is 267 g/mol. The van der Waals surface area contributed by atoms with Crippen molar-refractivity contribution in [3.8, 4) is 0 Å². The van der Waals surface area contributed by atoms with Crippen LogP contribution in [-0.2, 0) is 14.3 Å². The van der Waals surface area contributed by atoms with Crippen LogP contribution in [-0.4, -0.2) is 34.7 Å². The molecule has 5 heteroatoms. The fourth-order valence-electron chi connectivity index (χ4n) is 3.79. The second kappa shape index (κ2) is 4.78. The van der Waals surface area contributed by atoms with Crippen molar-refractivity contribution in [2.24, 2.45) is 5.92 Å². The quantitative estimate of drug-likeness (QED) is 0.811. The highest BCUT2D eigenvalue weighted by atomic mass is 16.5. The smallest absolute Gasteiger partial charge is 0.329 e. The number of hydrogen-bond donors (Lipinski definition) is 2. The van der Waals surface area contributed by atoms with Crippen molar-refractivity contribution in [3.05, 3.63) is 0 Å². The van der Waals surface area contributed by atoms with E-state index in [-0.39, 0.29) is 24.0 Å². The molecule has 0 aromatic heterocycles. The molecule has 2 heterocycles. The minimum absolute atomic E-state index is 0.0134. The standard InChI is InChI=1S/C14H21NO4/c16-12(10-8-9-4-5-11(10)19-9)15-14(13(17)18)6-2-1-3-7-14/h9-11H,1-8H2,(H,15,16)(H,17,18). The van der Waals surface area contributed by atoms with Crippen molar-refractivity contribution in [2.45, 2.75) is 69.1 Å². The van der Waals surface area contributed by atoms with E-state index in [0.717, 1.165) is 38.5 Å². The molecule has 0 aromatic carbocycles. The molecule has 19 heavy (non-hydrogen) atoms. The second-order valence-electron chi connectivity index (χ2n) is 6.15. The van der Waals surface area contributed by atoms with Gasteiger partial charge in [-0.25, -0.2) is 4.79 Å². The normalized spacial score (nSPS) is 36.1. The molecule has 2 bridgehead atoms. The number of carboxylic acid groups (broad SMARTS) is 1.